The summed E-state index contributed by atoms with van der Waals surface area (Å²) in [5.41, 5.74) is 0.00564. The molecule has 1 aromatic rings. The van der Waals surface area contributed by atoms with Crippen LogP contribution in [0.2, 0.25) is 0 Å². The van der Waals surface area contributed by atoms with Crippen molar-refractivity contribution in [3.05, 3.63) is 10.5 Å². The predicted octanol–water partition coefficient (Wildman–Crippen LogP) is 2.20. The van der Waals surface area contributed by atoms with Crippen molar-refractivity contribution in [3.8, 4) is 0 Å². The van der Waals surface area contributed by atoms with Gasteiger partial charge in [0.1, 0.15) is 0 Å². The van der Waals surface area contributed by atoms with Crippen molar-refractivity contribution >= 4 is 24.4 Å². The Morgan fingerprint density at radius 2 is 2.19 bits per heavy atom. The molecule has 0 saturated carbocycles. The van der Waals surface area contributed by atoms with Gasteiger partial charge in [0, 0.05) is 11.8 Å². The van der Waals surface area contributed by atoms with E-state index in [9.17, 15) is 4.79 Å². The second kappa shape index (κ2) is 5.31. The summed E-state index contributed by atoms with van der Waals surface area (Å²) in [6, 6.07) is 0.132. The van der Waals surface area contributed by atoms with Crippen LogP contribution in [-0.2, 0) is 0 Å². The Labute approximate surface area is 106 Å². The molecule has 0 bridgehead atoms. The molecular weight excluding hydrogens is 242 g/mol. The lowest BCUT2D eigenvalue weighted by Crippen LogP contribution is -2.21. The average molecular weight is 261 g/mol. The van der Waals surface area contributed by atoms with Crippen LogP contribution in [0.1, 0.15) is 33.7 Å². The largest absolute Gasteiger partial charge is 0.344 e. The van der Waals surface area contributed by atoms with Crippen molar-refractivity contribution in [1.82, 2.24) is 14.8 Å². The molecule has 16 heavy (non-hydrogen) atoms. The first-order valence-corrected chi connectivity index (χ1v) is 6.90. The lowest BCUT2D eigenvalue weighted by molar-refractivity contribution is 0.489. The average Bonchev–Trinajstić information content (AvgIpc) is 2.57. The molecule has 1 heterocycles. The van der Waals surface area contributed by atoms with Gasteiger partial charge in [0.2, 0.25) is 0 Å². The van der Waals surface area contributed by atoms with Crippen LogP contribution >= 0.6 is 24.4 Å². The third-order valence-electron chi connectivity index (χ3n) is 2.21. The molecule has 0 aliphatic carbocycles. The maximum atomic E-state index is 11.5. The van der Waals surface area contributed by atoms with E-state index in [1.807, 2.05) is 13.8 Å². The molecule has 0 aromatic carbocycles. The molecule has 4 nitrogen and oxygen atoms in total. The van der Waals surface area contributed by atoms with E-state index in [1.165, 1.54) is 0 Å². The van der Waals surface area contributed by atoms with E-state index in [0.29, 0.717) is 0 Å². The third-order valence-corrected chi connectivity index (χ3v) is 4.54. The second-order valence-corrected chi connectivity index (χ2v) is 6.14. The van der Waals surface area contributed by atoms with Gasteiger partial charge in [-0.25, -0.2) is 9.89 Å². The van der Waals surface area contributed by atoms with Gasteiger partial charge in [-0.05, 0) is 25.0 Å². The van der Waals surface area contributed by atoms with Crippen LogP contribution in [0.5, 0.6) is 0 Å². The van der Waals surface area contributed by atoms with Crippen molar-refractivity contribution in [2.45, 2.75) is 38.9 Å². The maximum absolute atomic E-state index is 11.5. The van der Waals surface area contributed by atoms with Crippen LogP contribution in [0.3, 0.4) is 0 Å². The number of nitrogens with zero attached hydrogens (tertiary/aromatic N) is 2. The zero-order valence-corrected chi connectivity index (χ0v) is 11.9. The monoisotopic (exact) mass is 261 g/mol. The molecule has 92 valence electrons. The van der Waals surface area contributed by atoms with Gasteiger partial charge in [-0.3, -0.25) is 4.57 Å². The molecule has 6 heteroatoms. The molecule has 0 spiro atoms. The molecule has 0 amide bonds. The van der Waals surface area contributed by atoms with E-state index >= 15 is 0 Å². The molecular formula is C10H19N3OS2. The van der Waals surface area contributed by atoms with Gasteiger partial charge in [0.05, 0.1) is 0 Å². The number of hydrogen-bond acceptors (Lipinski definition) is 4. The lowest BCUT2D eigenvalue weighted by Gasteiger charge is -2.21. The summed E-state index contributed by atoms with van der Waals surface area (Å²) in [5, 5.41) is 7.29. The molecule has 0 atom stereocenters. The first-order valence-electron chi connectivity index (χ1n) is 5.28. The Morgan fingerprint density at radius 3 is 2.69 bits per heavy atom. The van der Waals surface area contributed by atoms with Crippen LogP contribution in [-0.4, -0.2) is 26.3 Å². The van der Waals surface area contributed by atoms with Gasteiger partial charge in [0.25, 0.3) is 0 Å². The number of H-pyrrole nitrogens is 1. The van der Waals surface area contributed by atoms with Crippen molar-refractivity contribution in [2.75, 3.05) is 11.5 Å². The summed E-state index contributed by atoms with van der Waals surface area (Å²) in [6.07, 6.45) is 0. The van der Waals surface area contributed by atoms with Gasteiger partial charge in [-0.15, -0.1) is 5.10 Å². The van der Waals surface area contributed by atoms with Crippen LogP contribution in [0.4, 0.5) is 0 Å². The number of thioether (sulfide) groups is 1. The molecule has 0 aliphatic heterocycles. The number of hydrogen-bond donors (Lipinski definition) is 2. The number of rotatable bonds is 5. The highest BCUT2D eigenvalue weighted by molar-refractivity contribution is 7.99. The van der Waals surface area contributed by atoms with Crippen molar-refractivity contribution in [2.24, 2.45) is 5.41 Å². The SMILES string of the molecule is CC(C)n1c(SCC(C)(C)CS)n[nH]c1=O. The molecule has 0 fully saturated rings. The van der Waals surface area contributed by atoms with Gasteiger partial charge in [0.15, 0.2) is 5.16 Å². The van der Waals surface area contributed by atoms with E-state index in [4.69, 9.17) is 0 Å². The fourth-order valence-corrected chi connectivity index (χ4v) is 2.58. The molecule has 1 aromatic heterocycles. The van der Waals surface area contributed by atoms with E-state index in [1.54, 1.807) is 16.3 Å². The zero-order valence-electron chi connectivity index (χ0n) is 10.1. The minimum absolute atomic E-state index is 0.132. The molecule has 0 aliphatic rings. The summed E-state index contributed by atoms with van der Waals surface area (Å²) in [4.78, 5) is 11.5. The zero-order chi connectivity index (χ0) is 12.3. The molecule has 1 N–H and O–H groups in total. The molecule has 0 radical (unpaired) electrons. The standard InChI is InChI=1S/C10H19N3OS2/c1-7(2)13-8(14)11-12-9(13)16-6-10(3,4)5-15/h7,15H,5-6H2,1-4H3,(H,11,14). The number of nitrogens with one attached hydrogen (secondary N) is 1. The summed E-state index contributed by atoms with van der Waals surface area (Å²) < 4.78 is 1.68. The van der Waals surface area contributed by atoms with E-state index < -0.39 is 0 Å². The van der Waals surface area contributed by atoms with Crippen molar-refractivity contribution in [1.29, 1.82) is 0 Å². The van der Waals surface area contributed by atoms with Gasteiger partial charge in [-0.2, -0.15) is 12.6 Å². The fourth-order valence-electron chi connectivity index (χ4n) is 1.15. The van der Waals surface area contributed by atoms with Crippen LogP contribution in [0.25, 0.3) is 0 Å². The molecule has 1 rings (SSSR count). The van der Waals surface area contributed by atoms with Gasteiger partial charge in [-0.1, -0.05) is 25.6 Å². The van der Waals surface area contributed by atoms with Crippen LogP contribution in [0, 0.1) is 5.41 Å². The summed E-state index contributed by atoms with van der Waals surface area (Å²) >= 11 is 5.91. The third kappa shape index (κ3) is 3.31. The molecule has 0 unspecified atom stereocenters. The topological polar surface area (TPSA) is 50.7 Å². The lowest BCUT2D eigenvalue weighted by atomic mass is 10.0. The minimum atomic E-state index is -0.138. The first kappa shape index (κ1) is 13.7. The Hall–Kier alpha value is -0.360. The molecule has 0 saturated heterocycles. The summed E-state index contributed by atoms with van der Waals surface area (Å²) in [7, 11) is 0. The van der Waals surface area contributed by atoms with Crippen LogP contribution < -0.4 is 5.69 Å². The van der Waals surface area contributed by atoms with Crippen molar-refractivity contribution in [3.63, 3.8) is 0 Å². The quantitative estimate of drug-likeness (QED) is 0.631. The summed E-state index contributed by atoms with van der Waals surface area (Å²) in [6.45, 7) is 8.25. The van der Waals surface area contributed by atoms with Gasteiger partial charge < -0.3 is 0 Å². The Kier molecular flexibility index (Phi) is 4.55. The highest BCUT2D eigenvalue weighted by atomic mass is 32.2. The maximum Gasteiger partial charge on any atom is 0.344 e. The Bertz CT molecular complexity index is 395. The predicted molar refractivity (Wildman–Crippen MR) is 71.6 cm³/mol. The van der Waals surface area contributed by atoms with Crippen molar-refractivity contribution < 1.29 is 0 Å². The van der Waals surface area contributed by atoms with E-state index in [-0.39, 0.29) is 17.1 Å². The van der Waals surface area contributed by atoms with Gasteiger partial charge >= 0.3 is 5.69 Å². The summed E-state index contributed by atoms with van der Waals surface area (Å²) in [5.74, 6) is 1.71. The Balaban J connectivity index is 2.79. The second-order valence-electron chi connectivity index (χ2n) is 4.89. The first-order chi connectivity index (χ1) is 7.37. The number of aromatic amines is 1. The normalized spacial score (nSPS) is 12.4. The van der Waals surface area contributed by atoms with Crippen LogP contribution in [0.15, 0.2) is 9.95 Å². The van der Waals surface area contributed by atoms with E-state index in [0.717, 1.165) is 16.7 Å². The van der Waals surface area contributed by atoms with E-state index in [2.05, 4.69) is 36.7 Å². The fraction of sp³-hybridized carbons (Fsp3) is 0.800. The number of aromatic nitrogens is 3. The smallest absolute Gasteiger partial charge is 0.268 e. The number of thiol groups is 1. The highest BCUT2D eigenvalue weighted by Crippen LogP contribution is 2.27. The minimum Gasteiger partial charge on any atom is -0.268 e. The highest BCUT2D eigenvalue weighted by Gasteiger charge is 2.19. The Morgan fingerprint density at radius 1 is 1.56 bits per heavy atom.